The van der Waals surface area contributed by atoms with Crippen molar-refractivity contribution in [1.82, 2.24) is 4.57 Å². The minimum atomic E-state index is -0.230. The molecule has 3 rings (SSSR count). The highest BCUT2D eigenvalue weighted by molar-refractivity contribution is 5.96. The van der Waals surface area contributed by atoms with Gasteiger partial charge in [-0.2, -0.15) is 0 Å². The van der Waals surface area contributed by atoms with Gasteiger partial charge in [0.2, 0.25) is 0 Å². The molecule has 0 radical (unpaired) electrons. The first-order valence-electron chi connectivity index (χ1n) is 6.81. The van der Waals surface area contributed by atoms with Crippen LogP contribution in [0.25, 0.3) is 10.9 Å². The third-order valence-corrected chi connectivity index (χ3v) is 3.64. The van der Waals surface area contributed by atoms with E-state index in [2.05, 4.69) is 35.9 Å². The molecule has 0 aliphatic heterocycles. The number of hydrogen-bond donors (Lipinski definition) is 1. The minimum Gasteiger partial charge on any atom is -0.353 e. The predicted molar refractivity (Wildman–Crippen MR) is 82.0 cm³/mol. The standard InChI is InChI=1S/C17H17FN2/c1-3-20-12(2)17(15-9-4-5-10-16(15)20)19-14-8-6-7-13(18)11-14/h4-11,19H,3H2,1-2H3. The first kappa shape index (κ1) is 12.7. The van der Waals surface area contributed by atoms with Crippen LogP contribution in [0, 0.1) is 12.7 Å². The molecule has 1 N–H and O–H groups in total. The fourth-order valence-corrected chi connectivity index (χ4v) is 2.71. The molecule has 3 aromatic rings. The zero-order chi connectivity index (χ0) is 14.1. The van der Waals surface area contributed by atoms with Crippen molar-refractivity contribution in [3.8, 4) is 0 Å². The van der Waals surface area contributed by atoms with Gasteiger partial charge in [0.1, 0.15) is 5.82 Å². The van der Waals surface area contributed by atoms with E-state index < -0.39 is 0 Å². The fourth-order valence-electron chi connectivity index (χ4n) is 2.71. The van der Waals surface area contributed by atoms with E-state index in [4.69, 9.17) is 0 Å². The number of anilines is 2. The van der Waals surface area contributed by atoms with Crippen LogP contribution in [0.4, 0.5) is 15.8 Å². The van der Waals surface area contributed by atoms with Gasteiger partial charge in [0.25, 0.3) is 0 Å². The summed E-state index contributed by atoms with van der Waals surface area (Å²) in [5, 5.41) is 4.51. The molecule has 0 amide bonds. The maximum atomic E-state index is 13.3. The third-order valence-electron chi connectivity index (χ3n) is 3.64. The van der Waals surface area contributed by atoms with E-state index in [-0.39, 0.29) is 5.82 Å². The van der Waals surface area contributed by atoms with Crippen molar-refractivity contribution in [1.29, 1.82) is 0 Å². The van der Waals surface area contributed by atoms with Gasteiger partial charge in [-0.1, -0.05) is 24.3 Å². The summed E-state index contributed by atoms with van der Waals surface area (Å²) in [5.74, 6) is -0.230. The molecule has 2 nitrogen and oxygen atoms in total. The fraction of sp³-hybridized carbons (Fsp3) is 0.176. The number of fused-ring (bicyclic) bond motifs is 1. The molecular formula is C17H17FN2. The Morgan fingerprint density at radius 2 is 1.90 bits per heavy atom. The summed E-state index contributed by atoms with van der Waals surface area (Å²) in [6, 6.07) is 14.8. The molecule has 0 saturated heterocycles. The number of nitrogens with zero attached hydrogens (tertiary/aromatic N) is 1. The highest BCUT2D eigenvalue weighted by Crippen LogP contribution is 2.32. The van der Waals surface area contributed by atoms with Gasteiger partial charge < -0.3 is 9.88 Å². The van der Waals surface area contributed by atoms with E-state index in [1.165, 1.54) is 17.6 Å². The Morgan fingerprint density at radius 3 is 2.65 bits per heavy atom. The van der Waals surface area contributed by atoms with Crippen molar-refractivity contribution in [3.05, 3.63) is 60.0 Å². The average molecular weight is 268 g/mol. The van der Waals surface area contributed by atoms with Gasteiger partial charge in [0, 0.05) is 23.3 Å². The lowest BCUT2D eigenvalue weighted by Gasteiger charge is -2.08. The Labute approximate surface area is 117 Å². The topological polar surface area (TPSA) is 17.0 Å². The summed E-state index contributed by atoms with van der Waals surface area (Å²) >= 11 is 0. The summed E-state index contributed by atoms with van der Waals surface area (Å²) in [6.07, 6.45) is 0. The number of para-hydroxylation sites is 1. The highest BCUT2D eigenvalue weighted by Gasteiger charge is 2.12. The molecule has 2 aromatic carbocycles. The number of halogens is 1. The summed E-state index contributed by atoms with van der Waals surface area (Å²) in [4.78, 5) is 0. The molecule has 0 aliphatic rings. The third kappa shape index (κ3) is 2.05. The van der Waals surface area contributed by atoms with Crippen LogP contribution in [0.3, 0.4) is 0 Å². The second kappa shape index (κ2) is 5.00. The van der Waals surface area contributed by atoms with E-state index in [0.717, 1.165) is 29.0 Å². The number of aryl methyl sites for hydroxylation is 1. The lowest BCUT2D eigenvalue weighted by atomic mass is 10.2. The molecule has 102 valence electrons. The van der Waals surface area contributed by atoms with Crippen molar-refractivity contribution in [2.24, 2.45) is 0 Å². The lowest BCUT2D eigenvalue weighted by Crippen LogP contribution is -1.98. The van der Waals surface area contributed by atoms with Crippen molar-refractivity contribution in [2.45, 2.75) is 20.4 Å². The SMILES string of the molecule is CCn1c(C)c(Nc2cccc(F)c2)c2ccccc21. The van der Waals surface area contributed by atoms with Gasteiger partial charge in [-0.3, -0.25) is 0 Å². The summed E-state index contributed by atoms with van der Waals surface area (Å²) < 4.78 is 15.6. The van der Waals surface area contributed by atoms with Crippen LogP contribution in [0.5, 0.6) is 0 Å². The van der Waals surface area contributed by atoms with Crippen LogP contribution in [-0.4, -0.2) is 4.57 Å². The molecule has 3 heteroatoms. The van der Waals surface area contributed by atoms with Crippen molar-refractivity contribution < 1.29 is 4.39 Å². The molecule has 0 unspecified atom stereocenters. The molecule has 0 atom stereocenters. The Hall–Kier alpha value is -2.29. The molecule has 20 heavy (non-hydrogen) atoms. The molecule has 0 saturated carbocycles. The van der Waals surface area contributed by atoms with E-state index in [1.54, 1.807) is 6.07 Å². The zero-order valence-corrected chi connectivity index (χ0v) is 11.7. The number of hydrogen-bond acceptors (Lipinski definition) is 1. The number of nitrogens with one attached hydrogen (secondary N) is 1. The molecule has 0 fully saturated rings. The van der Waals surface area contributed by atoms with E-state index in [1.807, 2.05) is 18.2 Å². The maximum absolute atomic E-state index is 13.3. The normalized spacial score (nSPS) is 10.9. The van der Waals surface area contributed by atoms with Gasteiger partial charge in [-0.05, 0) is 38.1 Å². The molecule has 1 aromatic heterocycles. The Morgan fingerprint density at radius 1 is 1.10 bits per heavy atom. The van der Waals surface area contributed by atoms with Crippen LogP contribution < -0.4 is 5.32 Å². The van der Waals surface area contributed by atoms with Crippen molar-refractivity contribution in [3.63, 3.8) is 0 Å². The first-order valence-corrected chi connectivity index (χ1v) is 6.81. The van der Waals surface area contributed by atoms with Crippen LogP contribution in [0.2, 0.25) is 0 Å². The minimum absolute atomic E-state index is 0.230. The Kier molecular flexibility index (Phi) is 3.18. The van der Waals surface area contributed by atoms with E-state index >= 15 is 0 Å². The van der Waals surface area contributed by atoms with Crippen LogP contribution >= 0.6 is 0 Å². The van der Waals surface area contributed by atoms with E-state index in [9.17, 15) is 4.39 Å². The molecule has 0 aliphatic carbocycles. The predicted octanol–water partition coefficient (Wildman–Crippen LogP) is 4.85. The van der Waals surface area contributed by atoms with Gasteiger partial charge in [0.15, 0.2) is 0 Å². The summed E-state index contributed by atoms with van der Waals surface area (Å²) in [6.45, 7) is 5.13. The van der Waals surface area contributed by atoms with Gasteiger partial charge in [0.05, 0.1) is 11.2 Å². The Bertz CT molecular complexity index is 759. The maximum Gasteiger partial charge on any atom is 0.125 e. The molecule has 1 heterocycles. The smallest absolute Gasteiger partial charge is 0.125 e. The number of aromatic nitrogens is 1. The van der Waals surface area contributed by atoms with Crippen molar-refractivity contribution >= 4 is 22.3 Å². The molecular weight excluding hydrogens is 251 g/mol. The number of benzene rings is 2. The van der Waals surface area contributed by atoms with Gasteiger partial charge >= 0.3 is 0 Å². The monoisotopic (exact) mass is 268 g/mol. The Balaban J connectivity index is 2.14. The number of rotatable bonds is 3. The van der Waals surface area contributed by atoms with Crippen LogP contribution in [0.15, 0.2) is 48.5 Å². The largest absolute Gasteiger partial charge is 0.353 e. The second-order valence-corrected chi connectivity index (χ2v) is 4.86. The summed E-state index contributed by atoms with van der Waals surface area (Å²) in [7, 11) is 0. The van der Waals surface area contributed by atoms with Gasteiger partial charge in [-0.25, -0.2) is 4.39 Å². The summed E-state index contributed by atoms with van der Waals surface area (Å²) in [5.41, 5.74) is 4.18. The van der Waals surface area contributed by atoms with Crippen LogP contribution in [-0.2, 0) is 6.54 Å². The van der Waals surface area contributed by atoms with Crippen LogP contribution in [0.1, 0.15) is 12.6 Å². The average Bonchev–Trinajstić information content (AvgIpc) is 2.72. The van der Waals surface area contributed by atoms with Crippen molar-refractivity contribution in [2.75, 3.05) is 5.32 Å². The highest BCUT2D eigenvalue weighted by atomic mass is 19.1. The lowest BCUT2D eigenvalue weighted by molar-refractivity contribution is 0.628. The molecule has 0 bridgehead atoms. The molecule has 0 spiro atoms. The quantitative estimate of drug-likeness (QED) is 0.718. The van der Waals surface area contributed by atoms with E-state index in [0.29, 0.717) is 0 Å². The first-order chi connectivity index (χ1) is 9.70. The second-order valence-electron chi connectivity index (χ2n) is 4.86. The zero-order valence-electron chi connectivity index (χ0n) is 11.7. The van der Waals surface area contributed by atoms with Gasteiger partial charge in [-0.15, -0.1) is 0 Å².